The zero-order valence-corrected chi connectivity index (χ0v) is 17.8. The van der Waals surface area contributed by atoms with E-state index in [-0.39, 0.29) is 18.5 Å². The molecule has 164 valence electrons. The summed E-state index contributed by atoms with van der Waals surface area (Å²) < 4.78 is 10.8. The van der Waals surface area contributed by atoms with Gasteiger partial charge in [-0.3, -0.25) is 14.9 Å². The highest BCUT2D eigenvalue weighted by atomic mass is 16.5. The van der Waals surface area contributed by atoms with E-state index in [4.69, 9.17) is 9.47 Å². The summed E-state index contributed by atoms with van der Waals surface area (Å²) in [6.45, 7) is 4.72. The predicted molar refractivity (Wildman–Crippen MR) is 113 cm³/mol. The number of carbonyl (C=O) groups excluding carboxylic acids is 3. The smallest absolute Gasteiger partial charge is 0.323 e. The summed E-state index contributed by atoms with van der Waals surface area (Å²) in [7, 11) is 0. The van der Waals surface area contributed by atoms with E-state index in [0.717, 1.165) is 18.4 Å². The van der Waals surface area contributed by atoms with Gasteiger partial charge in [0.2, 0.25) is 5.91 Å². The molecule has 1 heterocycles. The normalized spacial score (nSPS) is 18.8. The minimum atomic E-state index is -0.743. The molecule has 1 aromatic carbocycles. The molecule has 1 amide bonds. The number of aryl methyl sites for hydroxylation is 1. The van der Waals surface area contributed by atoms with Crippen molar-refractivity contribution in [2.75, 3.05) is 19.8 Å². The van der Waals surface area contributed by atoms with Gasteiger partial charge in [-0.15, -0.1) is 0 Å². The minimum absolute atomic E-state index is 0.175. The first kappa shape index (κ1) is 23.8. The molecular formula is C23H32N2O5. The zero-order chi connectivity index (χ0) is 21.8. The Hall–Kier alpha value is -2.47. The Balaban J connectivity index is 2.13. The van der Waals surface area contributed by atoms with Crippen LogP contribution in [0.3, 0.4) is 0 Å². The van der Waals surface area contributed by atoms with Crippen LogP contribution in [0.15, 0.2) is 36.4 Å². The van der Waals surface area contributed by atoms with Gasteiger partial charge in [0.05, 0.1) is 12.6 Å². The van der Waals surface area contributed by atoms with Crippen LogP contribution in [0.5, 0.6) is 0 Å². The summed E-state index contributed by atoms with van der Waals surface area (Å²) in [5.74, 6) is 1.20. The van der Waals surface area contributed by atoms with Crippen LogP contribution >= 0.6 is 0 Å². The molecule has 30 heavy (non-hydrogen) atoms. The summed E-state index contributed by atoms with van der Waals surface area (Å²) in [6.07, 6.45) is 3.94. The number of amides is 1. The van der Waals surface area contributed by atoms with Crippen molar-refractivity contribution in [3.63, 3.8) is 0 Å². The Bertz CT molecular complexity index is 718. The molecule has 1 N–H and O–H groups in total. The van der Waals surface area contributed by atoms with Crippen molar-refractivity contribution in [1.82, 2.24) is 10.2 Å². The molecule has 0 aliphatic carbocycles. The van der Waals surface area contributed by atoms with Crippen LogP contribution < -0.4 is 5.32 Å². The average molecular weight is 417 g/mol. The Morgan fingerprint density at radius 2 is 2.03 bits per heavy atom. The van der Waals surface area contributed by atoms with Gasteiger partial charge in [0.25, 0.3) is 0 Å². The van der Waals surface area contributed by atoms with E-state index in [9.17, 15) is 14.4 Å². The van der Waals surface area contributed by atoms with E-state index >= 15 is 0 Å². The van der Waals surface area contributed by atoms with Crippen LogP contribution in [-0.2, 0) is 30.3 Å². The van der Waals surface area contributed by atoms with Crippen LogP contribution in [0, 0.1) is 0 Å². The monoisotopic (exact) mass is 416 g/mol. The first-order valence-electron chi connectivity index (χ1n) is 10.7. The van der Waals surface area contributed by atoms with E-state index in [1.54, 1.807) is 17.8 Å². The van der Waals surface area contributed by atoms with Crippen LogP contribution in [0.4, 0.5) is 0 Å². The summed E-state index contributed by atoms with van der Waals surface area (Å²) >= 11 is 0. The van der Waals surface area contributed by atoms with Crippen LogP contribution in [0.1, 0.15) is 45.1 Å². The molecule has 0 spiro atoms. The molecule has 2 rings (SSSR count). The Morgan fingerprint density at radius 1 is 1.27 bits per heavy atom. The molecule has 0 bridgehead atoms. The molecule has 0 saturated carbocycles. The number of esters is 1. The maximum Gasteiger partial charge on any atom is 0.323 e. The SMILES string of the molecule is CCOC(=O)C(CCc1ccccc1)N[C@H]1CCCCN(C(C=C=O)OCC)C1=O. The standard InChI is InChI=1S/C23H32N2O5/c1-3-29-21(15-17-26)25-16-9-8-12-19(22(25)27)24-20(23(28)30-4-2)14-13-18-10-6-5-7-11-18/h5-7,10-11,15,19-21,24H,3-4,8-9,12-14,16H2,1-2H3/t19-,20?,21?/m0/s1. The van der Waals surface area contributed by atoms with E-state index in [1.807, 2.05) is 37.3 Å². The third-order valence-electron chi connectivity index (χ3n) is 5.12. The van der Waals surface area contributed by atoms with Gasteiger partial charge in [0.1, 0.15) is 12.0 Å². The second-order valence-electron chi connectivity index (χ2n) is 7.21. The molecule has 3 atom stereocenters. The fourth-order valence-electron chi connectivity index (χ4n) is 3.64. The molecule has 7 heteroatoms. The lowest BCUT2D eigenvalue weighted by atomic mass is 10.0. The molecule has 2 unspecified atom stereocenters. The molecule has 7 nitrogen and oxygen atoms in total. The molecular weight excluding hydrogens is 384 g/mol. The lowest BCUT2D eigenvalue weighted by Crippen LogP contribution is -2.54. The second-order valence-corrected chi connectivity index (χ2v) is 7.21. The van der Waals surface area contributed by atoms with Crippen molar-refractivity contribution in [2.45, 2.75) is 64.3 Å². The number of nitrogens with one attached hydrogen (secondary N) is 1. The van der Waals surface area contributed by atoms with Gasteiger partial charge < -0.3 is 14.4 Å². The largest absolute Gasteiger partial charge is 0.465 e. The van der Waals surface area contributed by atoms with Crippen molar-refractivity contribution < 1.29 is 23.9 Å². The van der Waals surface area contributed by atoms with Gasteiger partial charge in [-0.2, -0.15) is 0 Å². The van der Waals surface area contributed by atoms with E-state index in [1.165, 1.54) is 6.08 Å². The maximum atomic E-state index is 13.2. The average Bonchev–Trinajstić information content (AvgIpc) is 2.93. The summed E-state index contributed by atoms with van der Waals surface area (Å²) in [5.41, 5.74) is 1.12. The molecule has 1 saturated heterocycles. The van der Waals surface area contributed by atoms with E-state index in [0.29, 0.717) is 32.4 Å². The Kier molecular flexibility index (Phi) is 10.3. The van der Waals surface area contributed by atoms with E-state index in [2.05, 4.69) is 5.32 Å². The molecule has 0 aromatic heterocycles. The molecule has 1 aliphatic heterocycles. The first-order chi connectivity index (χ1) is 14.6. The van der Waals surface area contributed by atoms with Crippen molar-refractivity contribution in [3.05, 3.63) is 42.0 Å². The van der Waals surface area contributed by atoms with Crippen LogP contribution in [-0.4, -0.2) is 60.8 Å². The van der Waals surface area contributed by atoms with Gasteiger partial charge in [-0.1, -0.05) is 30.3 Å². The Morgan fingerprint density at radius 3 is 2.70 bits per heavy atom. The number of rotatable bonds is 11. The minimum Gasteiger partial charge on any atom is -0.465 e. The maximum absolute atomic E-state index is 13.2. The topological polar surface area (TPSA) is 84.9 Å². The summed E-state index contributed by atoms with van der Waals surface area (Å²) in [4.78, 5) is 38.2. The number of likely N-dealkylation sites (tertiary alicyclic amines) is 1. The van der Waals surface area contributed by atoms with Gasteiger partial charge in [-0.25, -0.2) is 4.79 Å². The van der Waals surface area contributed by atoms with Gasteiger partial charge in [0.15, 0.2) is 6.23 Å². The highest BCUT2D eigenvalue weighted by Gasteiger charge is 2.34. The van der Waals surface area contributed by atoms with Crippen molar-refractivity contribution in [2.24, 2.45) is 0 Å². The summed E-state index contributed by atoms with van der Waals surface area (Å²) in [5, 5.41) is 3.24. The van der Waals surface area contributed by atoms with Gasteiger partial charge in [0, 0.05) is 19.2 Å². The third-order valence-corrected chi connectivity index (χ3v) is 5.12. The van der Waals surface area contributed by atoms with Crippen molar-refractivity contribution >= 4 is 17.8 Å². The number of nitrogens with zero attached hydrogens (tertiary/aromatic N) is 1. The zero-order valence-electron chi connectivity index (χ0n) is 17.8. The second kappa shape index (κ2) is 13.0. The highest BCUT2D eigenvalue weighted by molar-refractivity contribution is 5.84. The van der Waals surface area contributed by atoms with E-state index < -0.39 is 18.3 Å². The number of carbonyl (C=O) groups is 2. The fourth-order valence-corrected chi connectivity index (χ4v) is 3.64. The molecule has 0 radical (unpaired) electrons. The number of ether oxygens (including phenoxy) is 2. The quantitative estimate of drug-likeness (QED) is 0.440. The number of hydrogen-bond donors (Lipinski definition) is 1. The number of benzene rings is 1. The molecule has 1 aromatic rings. The van der Waals surface area contributed by atoms with Crippen molar-refractivity contribution in [1.29, 1.82) is 0 Å². The molecule has 1 aliphatic rings. The lowest BCUT2D eigenvalue weighted by molar-refractivity contribution is -0.147. The number of hydrogen-bond acceptors (Lipinski definition) is 6. The highest BCUT2D eigenvalue weighted by Crippen LogP contribution is 2.18. The predicted octanol–water partition coefficient (Wildman–Crippen LogP) is 2.27. The van der Waals surface area contributed by atoms with Crippen LogP contribution in [0.2, 0.25) is 0 Å². The first-order valence-corrected chi connectivity index (χ1v) is 10.7. The van der Waals surface area contributed by atoms with Crippen molar-refractivity contribution in [3.8, 4) is 0 Å². The molecule has 1 fully saturated rings. The summed E-state index contributed by atoms with van der Waals surface area (Å²) in [6, 6.07) is 8.77. The lowest BCUT2D eigenvalue weighted by Gasteiger charge is -2.31. The fraction of sp³-hybridized carbons (Fsp3) is 0.565. The third kappa shape index (κ3) is 7.10. The Labute approximate surface area is 178 Å². The van der Waals surface area contributed by atoms with Crippen LogP contribution in [0.25, 0.3) is 0 Å². The van der Waals surface area contributed by atoms with Gasteiger partial charge >= 0.3 is 5.97 Å². The van der Waals surface area contributed by atoms with Gasteiger partial charge in [-0.05, 0) is 51.5 Å².